The number of nitrogens with one attached hydrogen (secondary N) is 1. The van der Waals surface area contributed by atoms with Crippen LogP contribution in [-0.4, -0.2) is 33.9 Å². The zero-order chi connectivity index (χ0) is 17.9. The van der Waals surface area contributed by atoms with Crippen LogP contribution in [0.15, 0.2) is 41.2 Å². The zero-order valence-electron chi connectivity index (χ0n) is 14.7. The Labute approximate surface area is 151 Å². The van der Waals surface area contributed by atoms with Gasteiger partial charge < -0.3 is 14.6 Å². The first-order valence-electron chi connectivity index (χ1n) is 8.84. The van der Waals surface area contributed by atoms with Gasteiger partial charge in [0.2, 0.25) is 5.91 Å². The van der Waals surface area contributed by atoms with Gasteiger partial charge in [0.05, 0.1) is 24.3 Å². The average molecular weight is 351 g/mol. The number of furan rings is 1. The van der Waals surface area contributed by atoms with Crippen LogP contribution >= 0.6 is 0 Å². The van der Waals surface area contributed by atoms with Crippen LogP contribution in [0.2, 0.25) is 0 Å². The summed E-state index contributed by atoms with van der Waals surface area (Å²) in [6.45, 7) is 3.91. The first-order chi connectivity index (χ1) is 12.7. The van der Waals surface area contributed by atoms with Gasteiger partial charge in [0.25, 0.3) is 0 Å². The highest BCUT2D eigenvalue weighted by Crippen LogP contribution is 2.24. The lowest BCUT2D eigenvalue weighted by Gasteiger charge is -2.33. The molecule has 26 heavy (non-hydrogen) atoms. The van der Waals surface area contributed by atoms with Crippen LogP contribution in [0.5, 0.6) is 0 Å². The predicted octanol–water partition coefficient (Wildman–Crippen LogP) is 2.46. The lowest BCUT2D eigenvalue weighted by molar-refractivity contribution is -0.125. The average Bonchev–Trinajstić information content (AvgIpc) is 3.11. The van der Waals surface area contributed by atoms with Gasteiger partial charge in [-0.25, -0.2) is 9.97 Å². The first kappa shape index (κ1) is 16.5. The molecule has 3 aromatic rings. The van der Waals surface area contributed by atoms with Crippen molar-refractivity contribution in [1.82, 2.24) is 20.3 Å². The van der Waals surface area contributed by atoms with E-state index in [1.807, 2.05) is 31.3 Å². The normalized spacial score (nSPS) is 17.4. The third-order valence-corrected chi connectivity index (χ3v) is 4.70. The second kappa shape index (κ2) is 7.11. The number of aromatic nitrogens is 3. The SMILES string of the molecule is Cc1ccc(CNC(=O)[C@@H]2CCCN(c3cnc4nccnc4c3)C2)o1. The lowest BCUT2D eigenvalue weighted by atomic mass is 9.96. The topological polar surface area (TPSA) is 84.2 Å². The number of rotatable bonds is 4. The van der Waals surface area contributed by atoms with Crippen LogP contribution in [-0.2, 0) is 11.3 Å². The van der Waals surface area contributed by atoms with E-state index in [1.54, 1.807) is 12.4 Å². The number of hydrogen-bond acceptors (Lipinski definition) is 6. The van der Waals surface area contributed by atoms with Crippen molar-refractivity contribution in [3.05, 3.63) is 48.3 Å². The first-order valence-corrected chi connectivity index (χ1v) is 8.84. The molecule has 0 radical (unpaired) electrons. The van der Waals surface area contributed by atoms with Gasteiger partial charge in [-0.05, 0) is 38.0 Å². The summed E-state index contributed by atoms with van der Waals surface area (Å²) in [7, 11) is 0. The molecule has 3 aromatic heterocycles. The summed E-state index contributed by atoms with van der Waals surface area (Å²) in [5, 5.41) is 2.99. The molecule has 1 aliphatic rings. The molecule has 0 unspecified atom stereocenters. The summed E-state index contributed by atoms with van der Waals surface area (Å²) in [4.78, 5) is 27.6. The minimum Gasteiger partial charge on any atom is -0.465 e. The third kappa shape index (κ3) is 3.51. The molecule has 1 aliphatic heterocycles. The van der Waals surface area contributed by atoms with Crippen LogP contribution in [0.3, 0.4) is 0 Å². The van der Waals surface area contributed by atoms with Gasteiger partial charge in [0.15, 0.2) is 5.65 Å². The molecule has 134 valence electrons. The summed E-state index contributed by atoms with van der Waals surface area (Å²) in [5.74, 6) is 1.65. The lowest BCUT2D eigenvalue weighted by Crippen LogP contribution is -2.43. The molecule has 0 saturated carbocycles. The molecule has 4 heterocycles. The number of amides is 1. The smallest absolute Gasteiger partial charge is 0.225 e. The number of carbonyl (C=O) groups is 1. The second-order valence-electron chi connectivity index (χ2n) is 6.61. The molecular formula is C19H21N5O2. The molecule has 1 fully saturated rings. The minimum atomic E-state index is -0.0441. The van der Waals surface area contributed by atoms with Crippen molar-refractivity contribution >= 4 is 22.8 Å². The largest absolute Gasteiger partial charge is 0.465 e. The molecular weight excluding hydrogens is 330 g/mol. The van der Waals surface area contributed by atoms with E-state index in [1.165, 1.54) is 0 Å². The van der Waals surface area contributed by atoms with E-state index in [4.69, 9.17) is 4.42 Å². The summed E-state index contributed by atoms with van der Waals surface area (Å²) in [6.07, 6.45) is 6.97. The maximum atomic E-state index is 12.6. The van der Waals surface area contributed by atoms with Crippen LogP contribution in [0, 0.1) is 12.8 Å². The highest BCUT2D eigenvalue weighted by atomic mass is 16.3. The number of fused-ring (bicyclic) bond motifs is 1. The van der Waals surface area contributed by atoms with E-state index < -0.39 is 0 Å². The Morgan fingerprint density at radius 3 is 3.04 bits per heavy atom. The maximum absolute atomic E-state index is 12.6. The predicted molar refractivity (Wildman–Crippen MR) is 97.6 cm³/mol. The highest BCUT2D eigenvalue weighted by Gasteiger charge is 2.26. The number of anilines is 1. The van der Waals surface area contributed by atoms with Crippen LogP contribution in [0.1, 0.15) is 24.4 Å². The van der Waals surface area contributed by atoms with Gasteiger partial charge in [-0.2, -0.15) is 0 Å². The number of piperidine rings is 1. The molecule has 7 nitrogen and oxygen atoms in total. The number of aryl methyl sites for hydroxylation is 1. The summed E-state index contributed by atoms with van der Waals surface area (Å²) in [6, 6.07) is 5.78. The van der Waals surface area contributed by atoms with Crippen molar-refractivity contribution in [2.45, 2.75) is 26.3 Å². The number of nitrogens with zero attached hydrogens (tertiary/aromatic N) is 4. The number of hydrogen-bond donors (Lipinski definition) is 1. The molecule has 0 aromatic carbocycles. The molecule has 0 aliphatic carbocycles. The van der Waals surface area contributed by atoms with E-state index in [0.29, 0.717) is 18.7 Å². The van der Waals surface area contributed by atoms with E-state index in [2.05, 4.69) is 25.2 Å². The van der Waals surface area contributed by atoms with Gasteiger partial charge in [0, 0.05) is 25.5 Å². The molecule has 4 rings (SSSR count). The van der Waals surface area contributed by atoms with Crippen molar-refractivity contribution in [3.63, 3.8) is 0 Å². The fourth-order valence-electron chi connectivity index (χ4n) is 3.34. The monoisotopic (exact) mass is 351 g/mol. The Balaban J connectivity index is 1.41. The van der Waals surface area contributed by atoms with E-state index in [9.17, 15) is 4.79 Å². The van der Waals surface area contributed by atoms with E-state index >= 15 is 0 Å². The van der Waals surface area contributed by atoms with Crippen LogP contribution < -0.4 is 10.2 Å². The Morgan fingerprint density at radius 1 is 1.31 bits per heavy atom. The highest BCUT2D eigenvalue weighted by molar-refractivity contribution is 5.80. The van der Waals surface area contributed by atoms with Crippen LogP contribution in [0.4, 0.5) is 5.69 Å². The molecule has 7 heteroatoms. The second-order valence-corrected chi connectivity index (χ2v) is 6.61. The quantitative estimate of drug-likeness (QED) is 0.777. The molecule has 1 atom stereocenters. The Bertz CT molecular complexity index is 923. The van der Waals surface area contributed by atoms with Gasteiger partial charge >= 0.3 is 0 Å². The standard InChI is InChI=1S/C19H21N5O2/c1-13-4-5-16(26-13)11-23-19(25)14-3-2-8-24(12-14)15-9-17-18(22-10-15)21-7-6-20-17/h4-7,9-10,14H,2-3,8,11-12H2,1H3,(H,23,25)/t14-/m1/s1. The van der Waals surface area contributed by atoms with Crippen molar-refractivity contribution in [3.8, 4) is 0 Å². The Morgan fingerprint density at radius 2 is 2.19 bits per heavy atom. The summed E-state index contributed by atoms with van der Waals surface area (Å²) in [5.41, 5.74) is 2.39. The van der Waals surface area contributed by atoms with Crippen molar-refractivity contribution < 1.29 is 9.21 Å². The van der Waals surface area contributed by atoms with Crippen LogP contribution in [0.25, 0.3) is 11.2 Å². The third-order valence-electron chi connectivity index (χ3n) is 4.70. The van der Waals surface area contributed by atoms with Gasteiger partial charge in [-0.1, -0.05) is 0 Å². The number of carbonyl (C=O) groups excluding carboxylic acids is 1. The van der Waals surface area contributed by atoms with E-state index in [0.717, 1.165) is 42.1 Å². The van der Waals surface area contributed by atoms with E-state index in [-0.39, 0.29) is 11.8 Å². The Hall–Kier alpha value is -2.96. The molecule has 1 amide bonds. The van der Waals surface area contributed by atoms with Crippen molar-refractivity contribution in [1.29, 1.82) is 0 Å². The maximum Gasteiger partial charge on any atom is 0.225 e. The molecule has 1 N–H and O–H groups in total. The number of pyridine rings is 1. The fraction of sp³-hybridized carbons (Fsp3) is 0.368. The minimum absolute atomic E-state index is 0.0441. The fourth-order valence-corrected chi connectivity index (χ4v) is 3.34. The molecule has 1 saturated heterocycles. The summed E-state index contributed by atoms with van der Waals surface area (Å²) >= 11 is 0. The van der Waals surface area contributed by atoms with Gasteiger partial charge in [0.1, 0.15) is 17.0 Å². The molecule has 0 bridgehead atoms. The zero-order valence-corrected chi connectivity index (χ0v) is 14.7. The van der Waals surface area contributed by atoms with Crippen molar-refractivity contribution in [2.24, 2.45) is 5.92 Å². The van der Waals surface area contributed by atoms with Crippen molar-refractivity contribution in [2.75, 3.05) is 18.0 Å². The summed E-state index contributed by atoms with van der Waals surface area (Å²) < 4.78 is 5.51. The van der Waals surface area contributed by atoms with Gasteiger partial charge in [-0.15, -0.1) is 0 Å². The Kier molecular flexibility index (Phi) is 4.51. The van der Waals surface area contributed by atoms with Gasteiger partial charge in [-0.3, -0.25) is 9.78 Å². The molecule has 0 spiro atoms.